The van der Waals surface area contributed by atoms with Crippen LogP contribution in [-0.4, -0.2) is 40.0 Å². The second-order valence-corrected chi connectivity index (χ2v) is 10.4. The molecule has 1 aromatic heterocycles. The SMILES string of the molecule is Cc1noc(C)c1CN(C(=O)CN1C(=O)N[C@]2(C[C@H](C)CC(C)(C)C2)C1=O)c1ccccc1. The number of carbonyl (C=O) groups excluding carboxylic acids is 3. The van der Waals surface area contributed by atoms with Crippen molar-refractivity contribution in [2.24, 2.45) is 11.3 Å². The average Bonchev–Trinajstić information content (AvgIpc) is 3.15. The molecule has 2 fully saturated rings. The smallest absolute Gasteiger partial charge is 0.325 e. The molecule has 1 aliphatic heterocycles. The lowest BCUT2D eigenvalue weighted by Gasteiger charge is -2.43. The highest BCUT2D eigenvalue weighted by atomic mass is 16.5. The Labute approximate surface area is 194 Å². The van der Waals surface area contributed by atoms with Crippen LogP contribution in [-0.2, 0) is 16.1 Å². The molecule has 1 aliphatic carbocycles. The number of amides is 4. The third-order valence-corrected chi connectivity index (χ3v) is 6.78. The van der Waals surface area contributed by atoms with Crippen LogP contribution in [0.4, 0.5) is 10.5 Å². The topological polar surface area (TPSA) is 95.8 Å². The molecule has 4 amide bonds. The number of hydrogen-bond donors (Lipinski definition) is 1. The van der Waals surface area contributed by atoms with Crippen LogP contribution < -0.4 is 10.2 Å². The first-order chi connectivity index (χ1) is 15.5. The number of anilines is 1. The van der Waals surface area contributed by atoms with E-state index in [1.54, 1.807) is 11.8 Å². The van der Waals surface area contributed by atoms with E-state index in [4.69, 9.17) is 4.52 Å². The molecule has 176 valence electrons. The van der Waals surface area contributed by atoms with Gasteiger partial charge in [0, 0.05) is 11.3 Å². The van der Waals surface area contributed by atoms with E-state index in [1.807, 2.05) is 37.3 Å². The van der Waals surface area contributed by atoms with E-state index < -0.39 is 11.6 Å². The van der Waals surface area contributed by atoms with Gasteiger partial charge >= 0.3 is 6.03 Å². The van der Waals surface area contributed by atoms with Crippen LogP contribution >= 0.6 is 0 Å². The summed E-state index contributed by atoms with van der Waals surface area (Å²) in [7, 11) is 0. The van der Waals surface area contributed by atoms with Crippen LogP contribution in [0.15, 0.2) is 34.9 Å². The van der Waals surface area contributed by atoms with Gasteiger partial charge in [-0.15, -0.1) is 0 Å². The maximum absolute atomic E-state index is 13.5. The largest absolute Gasteiger partial charge is 0.361 e. The summed E-state index contributed by atoms with van der Waals surface area (Å²) in [5.41, 5.74) is 1.19. The first-order valence-electron chi connectivity index (χ1n) is 11.4. The van der Waals surface area contributed by atoms with Gasteiger partial charge in [0.25, 0.3) is 5.91 Å². The minimum absolute atomic E-state index is 0.0694. The molecular weight excluding hydrogens is 420 g/mol. The number of para-hydroxylation sites is 1. The van der Waals surface area contributed by atoms with Gasteiger partial charge in [0.2, 0.25) is 5.91 Å². The number of urea groups is 1. The van der Waals surface area contributed by atoms with E-state index in [-0.39, 0.29) is 30.3 Å². The van der Waals surface area contributed by atoms with Crippen molar-refractivity contribution < 1.29 is 18.9 Å². The zero-order chi connectivity index (χ0) is 24.0. The molecule has 1 spiro atoms. The number of benzene rings is 1. The van der Waals surface area contributed by atoms with Crippen molar-refractivity contribution in [3.63, 3.8) is 0 Å². The molecular formula is C25H32N4O4. The quantitative estimate of drug-likeness (QED) is 0.693. The second kappa shape index (κ2) is 8.32. The summed E-state index contributed by atoms with van der Waals surface area (Å²) >= 11 is 0. The number of nitrogens with zero attached hydrogens (tertiary/aromatic N) is 3. The monoisotopic (exact) mass is 452 g/mol. The molecule has 2 atom stereocenters. The van der Waals surface area contributed by atoms with Gasteiger partial charge in [-0.25, -0.2) is 4.79 Å². The lowest BCUT2D eigenvalue weighted by atomic mass is 9.64. The molecule has 0 unspecified atom stereocenters. The first kappa shape index (κ1) is 23.0. The van der Waals surface area contributed by atoms with Gasteiger partial charge in [-0.3, -0.25) is 14.5 Å². The van der Waals surface area contributed by atoms with Gasteiger partial charge < -0.3 is 14.7 Å². The van der Waals surface area contributed by atoms with Gasteiger partial charge in [0.1, 0.15) is 17.8 Å². The molecule has 33 heavy (non-hydrogen) atoms. The molecule has 0 bridgehead atoms. The zero-order valence-electron chi connectivity index (χ0n) is 20.0. The van der Waals surface area contributed by atoms with Crippen LogP contribution in [0.25, 0.3) is 0 Å². The van der Waals surface area contributed by atoms with Crippen molar-refractivity contribution in [1.29, 1.82) is 0 Å². The molecule has 8 heteroatoms. The standard InChI is InChI=1S/C25H32N4O4/c1-16-11-24(4,5)15-25(12-16)22(31)29(23(32)26-25)14-21(30)28(19-9-7-6-8-10-19)13-20-17(2)27-33-18(20)3/h6-10,16H,11-15H2,1-5H3,(H,26,32)/t16-,25+/m1/s1. The van der Waals surface area contributed by atoms with E-state index in [1.165, 1.54) is 0 Å². The molecule has 8 nitrogen and oxygen atoms in total. The Kier molecular flexibility index (Phi) is 5.80. The Morgan fingerprint density at radius 3 is 2.52 bits per heavy atom. The summed E-state index contributed by atoms with van der Waals surface area (Å²) in [6.45, 7) is 9.90. The highest BCUT2D eigenvalue weighted by Gasteiger charge is 2.56. The maximum atomic E-state index is 13.5. The Morgan fingerprint density at radius 1 is 1.21 bits per heavy atom. The number of aryl methyl sites for hydroxylation is 2. The van der Waals surface area contributed by atoms with E-state index in [0.717, 1.165) is 16.9 Å². The molecule has 2 heterocycles. The van der Waals surface area contributed by atoms with E-state index in [0.29, 0.717) is 35.9 Å². The molecule has 2 aliphatic rings. The number of imide groups is 1. The summed E-state index contributed by atoms with van der Waals surface area (Å²) in [6.07, 6.45) is 2.16. The van der Waals surface area contributed by atoms with Crippen LogP contribution in [0.3, 0.4) is 0 Å². The normalized spacial score (nSPS) is 24.3. The summed E-state index contributed by atoms with van der Waals surface area (Å²) < 4.78 is 5.27. The highest BCUT2D eigenvalue weighted by molar-refractivity contribution is 6.10. The Balaban J connectivity index is 1.59. The number of carbonyl (C=O) groups is 3. The number of hydrogen-bond acceptors (Lipinski definition) is 5. The van der Waals surface area contributed by atoms with E-state index >= 15 is 0 Å². The van der Waals surface area contributed by atoms with Gasteiger partial charge in [0.15, 0.2) is 0 Å². The molecule has 1 aromatic carbocycles. The van der Waals surface area contributed by atoms with Gasteiger partial charge in [-0.1, -0.05) is 44.1 Å². The number of rotatable bonds is 5. The summed E-state index contributed by atoms with van der Waals surface area (Å²) in [6, 6.07) is 8.72. The van der Waals surface area contributed by atoms with Crippen LogP contribution in [0.1, 0.15) is 57.1 Å². The predicted molar refractivity (Wildman–Crippen MR) is 123 cm³/mol. The van der Waals surface area contributed by atoms with Crippen molar-refractivity contribution in [1.82, 2.24) is 15.4 Å². The number of aromatic nitrogens is 1. The Hall–Kier alpha value is -3.16. The molecule has 1 N–H and O–H groups in total. The molecule has 4 rings (SSSR count). The Bertz CT molecular complexity index is 1060. The minimum Gasteiger partial charge on any atom is -0.361 e. The summed E-state index contributed by atoms with van der Waals surface area (Å²) in [4.78, 5) is 42.5. The lowest BCUT2D eigenvalue weighted by molar-refractivity contribution is -0.137. The highest BCUT2D eigenvalue weighted by Crippen LogP contribution is 2.46. The van der Waals surface area contributed by atoms with Crippen molar-refractivity contribution in [2.45, 2.75) is 66.0 Å². The van der Waals surface area contributed by atoms with Gasteiger partial charge in [-0.05, 0) is 56.6 Å². The average molecular weight is 453 g/mol. The third kappa shape index (κ3) is 4.38. The Morgan fingerprint density at radius 2 is 1.91 bits per heavy atom. The second-order valence-electron chi connectivity index (χ2n) is 10.4. The third-order valence-electron chi connectivity index (χ3n) is 6.78. The summed E-state index contributed by atoms with van der Waals surface area (Å²) in [5, 5.41) is 6.93. The minimum atomic E-state index is -0.933. The van der Waals surface area contributed by atoms with Gasteiger partial charge in [-0.2, -0.15) is 0 Å². The summed E-state index contributed by atoms with van der Waals surface area (Å²) in [5.74, 6) is 0.290. The zero-order valence-corrected chi connectivity index (χ0v) is 20.0. The lowest BCUT2D eigenvalue weighted by Crippen LogP contribution is -2.54. The van der Waals surface area contributed by atoms with E-state index in [2.05, 4.69) is 31.2 Å². The number of nitrogens with one attached hydrogen (secondary N) is 1. The fourth-order valence-corrected chi connectivity index (χ4v) is 5.69. The molecule has 0 radical (unpaired) electrons. The first-order valence-corrected chi connectivity index (χ1v) is 11.4. The fraction of sp³-hybridized carbons (Fsp3) is 0.520. The maximum Gasteiger partial charge on any atom is 0.325 e. The van der Waals surface area contributed by atoms with Crippen molar-refractivity contribution in [3.8, 4) is 0 Å². The van der Waals surface area contributed by atoms with Crippen LogP contribution in [0.5, 0.6) is 0 Å². The molecule has 2 aromatic rings. The van der Waals surface area contributed by atoms with Crippen LogP contribution in [0, 0.1) is 25.2 Å². The molecule has 1 saturated heterocycles. The van der Waals surface area contributed by atoms with Gasteiger partial charge in [0.05, 0.1) is 12.2 Å². The van der Waals surface area contributed by atoms with Crippen molar-refractivity contribution >= 4 is 23.5 Å². The van der Waals surface area contributed by atoms with Crippen molar-refractivity contribution in [3.05, 3.63) is 47.3 Å². The predicted octanol–water partition coefficient (Wildman–Crippen LogP) is 3.96. The van der Waals surface area contributed by atoms with E-state index in [9.17, 15) is 14.4 Å². The fourth-order valence-electron chi connectivity index (χ4n) is 5.69. The van der Waals surface area contributed by atoms with Crippen LogP contribution in [0.2, 0.25) is 0 Å². The van der Waals surface area contributed by atoms with Crippen molar-refractivity contribution in [2.75, 3.05) is 11.4 Å². The molecule has 1 saturated carbocycles.